The first-order valence-corrected chi connectivity index (χ1v) is 16.1. The van der Waals surface area contributed by atoms with Crippen LogP contribution in [0.4, 0.5) is 0 Å². The number of cyclic esters (lactones) is 1. The van der Waals surface area contributed by atoms with E-state index < -0.39 is 64.2 Å². The summed E-state index contributed by atoms with van der Waals surface area (Å²) in [6.07, 6.45) is 3.04. The zero-order chi connectivity index (χ0) is 30.7. The molecule has 2 saturated heterocycles. The van der Waals surface area contributed by atoms with Crippen LogP contribution in [-0.2, 0) is 33.9 Å². The quantitative estimate of drug-likeness (QED) is 0.335. The lowest BCUT2D eigenvalue weighted by atomic mass is 9.97. The number of fused-ring (bicyclic) bond motifs is 2. The summed E-state index contributed by atoms with van der Waals surface area (Å²) in [5.74, 6) is -2.26. The van der Waals surface area contributed by atoms with Gasteiger partial charge in [-0.3, -0.25) is 19.2 Å². The predicted octanol–water partition coefficient (Wildman–Crippen LogP) is 1.31. The molecule has 5 atom stereocenters. The average molecular weight is 613 g/mol. The number of carbonyl (C=O) groups is 4. The predicted molar refractivity (Wildman–Crippen MR) is 157 cm³/mol. The van der Waals surface area contributed by atoms with Gasteiger partial charge in [-0.05, 0) is 43.5 Å². The molecule has 13 heteroatoms. The van der Waals surface area contributed by atoms with Crippen molar-refractivity contribution in [3.05, 3.63) is 60.2 Å². The smallest absolute Gasteiger partial charge is 0.310 e. The molecular formula is C30H36N4O8S. The molecule has 0 saturated carbocycles. The fourth-order valence-corrected chi connectivity index (χ4v) is 7.00. The van der Waals surface area contributed by atoms with Crippen molar-refractivity contribution in [2.45, 2.75) is 63.6 Å². The van der Waals surface area contributed by atoms with Crippen molar-refractivity contribution in [2.24, 2.45) is 0 Å². The van der Waals surface area contributed by atoms with E-state index in [1.165, 1.54) is 16.1 Å². The number of esters is 1. The van der Waals surface area contributed by atoms with Crippen molar-refractivity contribution >= 4 is 44.5 Å². The highest BCUT2D eigenvalue weighted by Gasteiger charge is 2.47. The second-order valence-electron chi connectivity index (χ2n) is 10.8. The fraction of sp³-hybridized carbons (Fsp3) is 0.467. The number of rotatable bonds is 8. The van der Waals surface area contributed by atoms with Crippen molar-refractivity contribution < 1.29 is 37.1 Å². The van der Waals surface area contributed by atoms with E-state index in [2.05, 4.69) is 10.6 Å². The van der Waals surface area contributed by atoms with Gasteiger partial charge in [0.15, 0.2) is 0 Å². The van der Waals surface area contributed by atoms with E-state index in [1.54, 1.807) is 25.1 Å². The van der Waals surface area contributed by atoms with Gasteiger partial charge in [0.1, 0.15) is 18.1 Å². The van der Waals surface area contributed by atoms with Crippen LogP contribution in [0.25, 0.3) is 10.8 Å². The van der Waals surface area contributed by atoms with Crippen LogP contribution >= 0.6 is 0 Å². The molecule has 12 nitrogen and oxygen atoms in total. The molecule has 2 aromatic carbocycles. The van der Waals surface area contributed by atoms with Gasteiger partial charge in [-0.2, -0.15) is 4.31 Å². The van der Waals surface area contributed by atoms with Gasteiger partial charge in [-0.15, -0.1) is 0 Å². The van der Waals surface area contributed by atoms with Crippen LogP contribution in [0.15, 0.2) is 54.6 Å². The summed E-state index contributed by atoms with van der Waals surface area (Å²) < 4.78 is 37.8. The van der Waals surface area contributed by atoms with Crippen LogP contribution in [0.5, 0.6) is 0 Å². The molecule has 2 unspecified atom stereocenters. The maximum Gasteiger partial charge on any atom is 0.310 e. The van der Waals surface area contributed by atoms with Gasteiger partial charge in [0.2, 0.25) is 28.1 Å². The Morgan fingerprint density at radius 1 is 1.00 bits per heavy atom. The highest BCUT2D eigenvalue weighted by atomic mass is 32.2. The molecule has 2 fully saturated rings. The molecule has 2 N–H and O–H groups in total. The third kappa shape index (κ3) is 6.43. The van der Waals surface area contributed by atoms with Gasteiger partial charge in [0.05, 0.1) is 12.2 Å². The largest absolute Gasteiger partial charge is 0.433 e. The lowest BCUT2D eigenvalue weighted by Gasteiger charge is -2.47. The Balaban J connectivity index is 1.44. The number of nitrogens with one attached hydrogen (secondary N) is 2. The molecule has 0 radical (unpaired) electrons. The Morgan fingerprint density at radius 3 is 2.51 bits per heavy atom. The van der Waals surface area contributed by atoms with Crippen LogP contribution in [0.3, 0.4) is 0 Å². The molecule has 3 aliphatic rings. The summed E-state index contributed by atoms with van der Waals surface area (Å²) in [6, 6.07) is 9.12. The van der Waals surface area contributed by atoms with Crippen molar-refractivity contribution in [3.8, 4) is 0 Å². The SMILES string of the molecule is CCOC1OC(=O)CC1NC(=O)[C@@H]1CN(S(=O)(=O)CC)C[C@@H]2CC=CC[C@H](NC(=O)c3cccc4ccccc34)C(=O)N21. The number of nitrogens with zero attached hydrogens (tertiary/aromatic N) is 2. The van der Waals surface area contributed by atoms with Crippen LogP contribution in [0.2, 0.25) is 0 Å². The topological polar surface area (TPSA) is 151 Å². The monoisotopic (exact) mass is 612 g/mol. The van der Waals surface area contributed by atoms with Gasteiger partial charge in [0, 0.05) is 31.3 Å². The van der Waals surface area contributed by atoms with E-state index >= 15 is 0 Å². The molecule has 2 aromatic rings. The number of ether oxygens (including phenoxy) is 2. The standard InChI is InChI=1S/C30H36N4O8S/c1-3-41-30-24(16-26(35)42-30)32-28(37)25-18-33(43(39,40)4-2)17-20-12-6-8-15-23(29(38)34(20)25)31-27(36)22-14-9-11-19-10-5-7-13-21(19)22/h5-11,13-14,20,23-25,30H,3-4,12,15-18H2,1-2H3,(H,31,36)(H,32,37)/t20-,23-,24?,25-,30?/m0/s1. The molecule has 3 heterocycles. The van der Waals surface area contributed by atoms with E-state index in [9.17, 15) is 27.6 Å². The summed E-state index contributed by atoms with van der Waals surface area (Å²) in [7, 11) is -3.70. The van der Waals surface area contributed by atoms with Crippen molar-refractivity contribution in [3.63, 3.8) is 0 Å². The first-order chi connectivity index (χ1) is 20.6. The Morgan fingerprint density at radius 2 is 1.74 bits per heavy atom. The molecule has 0 bridgehead atoms. The number of benzene rings is 2. The van der Waals surface area contributed by atoms with E-state index in [0.717, 1.165) is 10.8 Å². The Kier molecular flexibility index (Phi) is 9.13. The molecule has 5 rings (SSSR count). The Labute approximate surface area is 250 Å². The minimum absolute atomic E-state index is 0.00657. The van der Waals surface area contributed by atoms with Gasteiger partial charge in [-0.25, -0.2) is 8.42 Å². The second-order valence-corrected chi connectivity index (χ2v) is 13.0. The highest BCUT2D eigenvalue weighted by molar-refractivity contribution is 7.89. The lowest BCUT2D eigenvalue weighted by Crippen LogP contribution is -2.68. The van der Waals surface area contributed by atoms with Crippen molar-refractivity contribution in [2.75, 3.05) is 25.4 Å². The third-order valence-corrected chi connectivity index (χ3v) is 9.86. The fourth-order valence-electron chi connectivity index (χ4n) is 5.87. The van der Waals surface area contributed by atoms with E-state index in [-0.39, 0.29) is 38.3 Å². The van der Waals surface area contributed by atoms with E-state index in [4.69, 9.17) is 9.47 Å². The zero-order valence-corrected chi connectivity index (χ0v) is 24.9. The third-order valence-electron chi connectivity index (χ3n) is 8.04. The number of hydrogen-bond donors (Lipinski definition) is 2. The molecule has 230 valence electrons. The molecule has 3 aliphatic heterocycles. The van der Waals surface area contributed by atoms with E-state index in [0.29, 0.717) is 12.0 Å². The Bertz CT molecular complexity index is 1540. The van der Waals surface area contributed by atoms with Crippen LogP contribution in [-0.4, -0.2) is 97.2 Å². The number of sulfonamides is 1. The molecular weight excluding hydrogens is 576 g/mol. The molecule has 0 spiro atoms. The first-order valence-electron chi connectivity index (χ1n) is 14.5. The number of amides is 3. The number of piperazine rings is 1. The maximum atomic E-state index is 14.2. The lowest BCUT2D eigenvalue weighted by molar-refractivity contribution is -0.165. The normalized spacial score (nSPS) is 26.4. The zero-order valence-electron chi connectivity index (χ0n) is 24.1. The van der Waals surface area contributed by atoms with Crippen molar-refractivity contribution in [1.82, 2.24) is 19.8 Å². The van der Waals surface area contributed by atoms with Crippen molar-refractivity contribution in [1.29, 1.82) is 0 Å². The summed E-state index contributed by atoms with van der Waals surface area (Å²) in [5, 5.41) is 7.24. The molecule has 43 heavy (non-hydrogen) atoms. The Hall–Kier alpha value is -3.81. The number of carbonyl (C=O) groups excluding carboxylic acids is 4. The highest BCUT2D eigenvalue weighted by Crippen LogP contribution is 2.27. The molecule has 0 aliphatic carbocycles. The summed E-state index contributed by atoms with van der Waals surface area (Å²) in [5.41, 5.74) is 0.412. The minimum Gasteiger partial charge on any atom is -0.433 e. The van der Waals surface area contributed by atoms with Crippen LogP contribution in [0, 0.1) is 0 Å². The maximum absolute atomic E-state index is 14.2. The average Bonchev–Trinajstić information content (AvgIpc) is 3.34. The second kappa shape index (κ2) is 12.8. The summed E-state index contributed by atoms with van der Waals surface area (Å²) in [6.45, 7) is 3.23. The van der Waals surface area contributed by atoms with Gasteiger partial charge in [0.25, 0.3) is 5.91 Å². The van der Waals surface area contributed by atoms with Gasteiger partial charge >= 0.3 is 5.97 Å². The van der Waals surface area contributed by atoms with Gasteiger partial charge in [-0.1, -0.05) is 48.6 Å². The molecule has 0 aromatic heterocycles. The number of hydrogen-bond acceptors (Lipinski definition) is 8. The molecule has 3 amide bonds. The minimum atomic E-state index is -3.70. The van der Waals surface area contributed by atoms with Crippen LogP contribution < -0.4 is 10.6 Å². The van der Waals surface area contributed by atoms with Crippen LogP contribution in [0.1, 0.15) is 43.5 Å². The summed E-state index contributed by atoms with van der Waals surface area (Å²) >= 11 is 0. The summed E-state index contributed by atoms with van der Waals surface area (Å²) in [4.78, 5) is 54.9. The first kappa shape index (κ1) is 30.6. The van der Waals surface area contributed by atoms with E-state index in [1.807, 2.05) is 36.4 Å². The van der Waals surface area contributed by atoms with Gasteiger partial charge < -0.3 is 25.0 Å².